The molecule has 4 heteroatoms. The van der Waals surface area contributed by atoms with Gasteiger partial charge in [-0.1, -0.05) is 25.7 Å². The Labute approximate surface area is 95.0 Å². The Morgan fingerprint density at radius 2 is 2.12 bits per heavy atom. The lowest BCUT2D eigenvalue weighted by molar-refractivity contribution is 0.0956. The molecule has 86 valence electrons. The lowest BCUT2D eigenvalue weighted by Crippen LogP contribution is -2.08. The molecule has 0 unspecified atom stereocenters. The maximum absolute atomic E-state index is 11.9. The lowest BCUT2D eigenvalue weighted by atomic mass is 9.99. The highest BCUT2D eigenvalue weighted by Gasteiger charge is 2.20. The van der Waals surface area contributed by atoms with Crippen molar-refractivity contribution in [1.29, 1.82) is 0 Å². The van der Waals surface area contributed by atoms with Crippen molar-refractivity contribution in [1.82, 2.24) is 10.2 Å². The standard InChI is InChI=1S/C12H16N2O2/c1-16-12-7-6-10(13-14-12)11(15)8-9-4-2-3-5-9/h6-7,9H,2-5,8H2,1H3. The van der Waals surface area contributed by atoms with Crippen LogP contribution in [0.25, 0.3) is 0 Å². The zero-order valence-electron chi connectivity index (χ0n) is 9.48. The number of Topliss-reactive ketones (excluding diaryl/α,β-unsaturated/α-hetero) is 1. The summed E-state index contributed by atoms with van der Waals surface area (Å²) in [5, 5.41) is 7.67. The summed E-state index contributed by atoms with van der Waals surface area (Å²) in [5.41, 5.74) is 0.452. The Morgan fingerprint density at radius 3 is 2.69 bits per heavy atom. The van der Waals surface area contributed by atoms with Gasteiger partial charge in [-0.25, -0.2) is 0 Å². The summed E-state index contributed by atoms with van der Waals surface area (Å²) in [7, 11) is 1.53. The van der Waals surface area contributed by atoms with Crippen LogP contribution in [0.1, 0.15) is 42.6 Å². The van der Waals surface area contributed by atoms with Gasteiger partial charge in [0.2, 0.25) is 5.88 Å². The van der Waals surface area contributed by atoms with Crippen molar-refractivity contribution in [2.45, 2.75) is 32.1 Å². The van der Waals surface area contributed by atoms with Crippen molar-refractivity contribution in [3.8, 4) is 5.88 Å². The molecule has 1 fully saturated rings. The molecule has 1 aliphatic rings. The molecule has 1 saturated carbocycles. The molecule has 1 aromatic rings. The molecule has 0 amide bonds. The van der Waals surface area contributed by atoms with E-state index in [0.29, 0.717) is 23.9 Å². The second-order valence-corrected chi connectivity index (χ2v) is 4.24. The number of nitrogens with zero attached hydrogens (tertiary/aromatic N) is 2. The average Bonchev–Trinajstić information content (AvgIpc) is 2.82. The molecule has 0 radical (unpaired) electrons. The summed E-state index contributed by atoms with van der Waals surface area (Å²) in [4.78, 5) is 11.9. The zero-order chi connectivity index (χ0) is 11.4. The Morgan fingerprint density at radius 1 is 1.38 bits per heavy atom. The van der Waals surface area contributed by atoms with Crippen molar-refractivity contribution in [2.24, 2.45) is 5.92 Å². The average molecular weight is 220 g/mol. The number of carbonyl (C=O) groups excluding carboxylic acids is 1. The van der Waals surface area contributed by atoms with Gasteiger partial charge in [0.25, 0.3) is 0 Å². The van der Waals surface area contributed by atoms with Gasteiger partial charge in [-0.2, -0.15) is 0 Å². The van der Waals surface area contributed by atoms with E-state index in [1.807, 2.05) is 0 Å². The van der Waals surface area contributed by atoms with E-state index in [4.69, 9.17) is 4.74 Å². The van der Waals surface area contributed by atoms with Crippen molar-refractivity contribution in [2.75, 3.05) is 7.11 Å². The van der Waals surface area contributed by atoms with Crippen LogP contribution in [0.15, 0.2) is 12.1 Å². The summed E-state index contributed by atoms with van der Waals surface area (Å²) >= 11 is 0. The van der Waals surface area contributed by atoms with E-state index in [1.54, 1.807) is 12.1 Å². The Kier molecular flexibility index (Phi) is 3.49. The highest BCUT2D eigenvalue weighted by molar-refractivity contribution is 5.94. The van der Waals surface area contributed by atoms with E-state index in [-0.39, 0.29) is 5.78 Å². The number of hydrogen-bond acceptors (Lipinski definition) is 4. The van der Waals surface area contributed by atoms with Crippen LogP contribution in [0.3, 0.4) is 0 Å². The first-order valence-electron chi connectivity index (χ1n) is 5.70. The van der Waals surface area contributed by atoms with Gasteiger partial charge in [0.05, 0.1) is 7.11 Å². The van der Waals surface area contributed by atoms with Gasteiger partial charge in [-0.3, -0.25) is 4.79 Å². The molecule has 0 spiro atoms. The molecule has 1 heterocycles. The molecule has 0 N–H and O–H groups in total. The second kappa shape index (κ2) is 5.05. The van der Waals surface area contributed by atoms with Crippen LogP contribution < -0.4 is 4.74 Å². The van der Waals surface area contributed by atoms with E-state index in [1.165, 1.54) is 32.8 Å². The van der Waals surface area contributed by atoms with E-state index in [9.17, 15) is 4.79 Å². The molecular weight excluding hydrogens is 204 g/mol. The lowest BCUT2D eigenvalue weighted by Gasteiger charge is -2.06. The number of ketones is 1. The Hall–Kier alpha value is -1.45. The van der Waals surface area contributed by atoms with Crippen molar-refractivity contribution in [3.63, 3.8) is 0 Å². The molecule has 0 saturated heterocycles. The number of rotatable bonds is 4. The van der Waals surface area contributed by atoms with Gasteiger partial charge < -0.3 is 4.74 Å². The van der Waals surface area contributed by atoms with Crippen LogP contribution in [0.2, 0.25) is 0 Å². The van der Waals surface area contributed by atoms with Crippen molar-refractivity contribution in [3.05, 3.63) is 17.8 Å². The number of aromatic nitrogens is 2. The number of hydrogen-bond donors (Lipinski definition) is 0. The number of carbonyl (C=O) groups is 1. The zero-order valence-corrected chi connectivity index (χ0v) is 9.48. The highest BCUT2D eigenvalue weighted by atomic mass is 16.5. The van der Waals surface area contributed by atoms with Crippen LogP contribution >= 0.6 is 0 Å². The molecule has 2 rings (SSSR count). The second-order valence-electron chi connectivity index (χ2n) is 4.24. The third-order valence-corrected chi connectivity index (χ3v) is 3.08. The minimum absolute atomic E-state index is 0.0991. The Bertz CT molecular complexity index is 356. The van der Waals surface area contributed by atoms with Gasteiger partial charge in [-0.05, 0) is 12.0 Å². The van der Waals surface area contributed by atoms with Crippen molar-refractivity contribution < 1.29 is 9.53 Å². The van der Waals surface area contributed by atoms with Crippen molar-refractivity contribution >= 4 is 5.78 Å². The molecule has 0 aliphatic heterocycles. The van der Waals surface area contributed by atoms with Gasteiger partial charge in [-0.15, -0.1) is 10.2 Å². The summed E-state index contributed by atoms with van der Waals surface area (Å²) in [6.45, 7) is 0. The quantitative estimate of drug-likeness (QED) is 0.730. The van der Waals surface area contributed by atoms with Gasteiger partial charge in [0, 0.05) is 12.5 Å². The van der Waals surface area contributed by atoms with E-state index in [2.05, 4.69) is 10.2 Å². The van der Waals surface area contributed by atoms with E-state index < -0.39 is 0 Å². The smallest absolute Gasteiger partial charge is 0.233 e. The molecular formula is C12H16N2O2. The third-order valence-electron chi connectivity index (χ3n) is 3.08. The summed E-state index contributed by atoms with van der Waals surface area (Å²) in [6.07, 6.45) is 5.48. The molecule has 1 aliphatic carbocycles. The number of ether oxygens (including phenoxy) is 1. The van der Waals surface area contributed by atoms with E-state index >= 15 is 0 Å². The van der Waals surface area contributed by atoms with Crippen LogP contribution in [0, 0.1) is 5.92 Å². The number of methoxy groups -OCH3 is 1. The summed E-state index contributed by atoms with van der Waals surface area (Å²) < 4.78 is 4.90. The van der Waals surface area contributed by atoms with E-state index in [0.717, 1.165) is 0 Å². The molecule has 16 heavy (non-hydrogen) atoms. The van der Waals surface area contributed by atoms with Crippen LogP contribution in [-0.2, 0) is 0 Å². The first-order valence-corrected chi connectivity index (χ1v) is 5.70. The third kappa shape index (κ3) is 2.56. The minimum Gasteiger partial charge on any atom is -0.480 e. The minimum atomic E-state index is 0.0991. The SMILES string of the molecule is COc1ccc(C(=O)CC2CCCC2)nn1. The molecule has 0 atom stereocenters. The topological polar surface area (TPSA) is 52.1 Å². The predicted octanol–water partition coefficient (Wildman–Crippen LogP) is 2.25. The maximum Gasteiger partial charge on any atom is 0.233 e. The monoisotopic (exact) mass is 220 g/mol. The molecule has 0 bridgehead atoms. The maximum atomic E-state index is 11.9. The largest absolute Gasteiger partial charge is 0.480 e. The molecule has 1 aromatic heterocycles. The first kappa shape index (κ1) is 11.0. The van der Waals surface area contributed by atoms with Gasteiger partial charge in [0.1, 0.15) is 5.69 Å². The molecule has 0 aromatic carbocycles. The van der Waals surface area contributed by atoms with Crippen LogP contribution in [-0.4, -0.2) is 23.1 Å². The fourth-order valence-corrected chi connectivity index (χ4v) is 2.16. The van der Waals surface area contributed by atoms with Gasteiger partial charge in [0.15, 0.2) is 5.78 Å². The fraction of sp³-hybridized carbons (Fsp3) is 0.583. The van der Waals surface area contributed by atoms with Gasteiger partial charge >= 0.3 is 0 Å². The molecule has 4 nitrogen and oxygen atoms in total. The van der Waals surface area contributed by atoms with Crippen LogP contribution in [0.5, 0.6) is 5.88 Å². The highest BCUT2D eigenvalue weighted by Crippen LogP contribution is 2.28. The summed E-state index contributed by atoms with van der Waals surface area (Å²) in [5.74, 6) is 1.09. The summed E-state index contributed by atoms with van der Waals surface area (Å²) in [6, 6.07) is 3.36. The first-order chi connectivity index (χ1) is 7.79. The van der Waals surface area contributed by atoms with Crippen LogP contribution in [0.4, 0.5) is 0 Å². The predicted molar refractivity (Wildman–Crippen MR) is 59.5 cm³/mol. The normalized spacial score (nSPS) is 16.3. The fourth-order valence-electron chi connectivity index (χ4n) is 2.16. The Balaban J connectivity index is 1.97.